The molecule has 0 saturated carbocycles. The number of sulfone groups is 1. The second-order valence-electron chi connectivity index (χ2n) is 6.67. The Balaban J connectivity index is 2.04. The summed E-state index contributed by atoms with van der Waals surface area (Å²) in [5.41, 5.74) is 4.47. The van der Waals surface area contributed by atoms with Gasteiger partial charge in [0.05, 0.1) is 10.0 Å². The van der Waals surface area contributed by atoms with Gasteiger partial charge in [-0.05, 0) is 66.4 Å². The van der Waals surface area contributed by atoms with Gasteiger partial charge in [0.2, 0.25) is 0 Å². The fourth-order valence-corrected chi connectivity index (χ4v) is 4.25. The number of rotatable bonds is 4. The van der Waals surface area contributed by atoms with Crippen molar-refractivity contribution in [3.63, 3.8) is 0 Å². The lowest BCUT2D eigenvalue weighted by atomic mass is 9.76. The number of hydrogen-bond acceptors (Lipinski definition) is 3. The van der Waals surface area contributed by atoms with Crippen molar-refractivity contribution in [3.8, 4) is 0 Å². The summed E-state index contributed by atoms with van der Waals surface area (Å²) in [6.07, 6.45) is 4.84. The molecule has 0 amide bonds. The summed E-state index contributed by atoms with van der Waals surface area (Å²) in [5.74, 6) is 0.248. The van der Waals surface area contributed by atoms with Gasteiger partial charge in [0.1, 0.15) is 0 Å². The summed E-state index contributed by atoms with van der Waals surface area (Å²) in [5, 5.41) is 5.72. The monoisotopic (exact) mass is 409 g/mol. The molecule has 0 aliphatic heterocycles. The van der Waals surface area contributed by atoms with E-state index in [9.17, 15) is 8.42 Å². The summed E-state index contributed by atoms with van der Waals surface area (Å²) in [6.45, 7) is 0. The zero-order chi connectivity index (χ0) is 18.9. The lowest BCUT2D eigenvalue weighted by Crippen LogP contribution is -2.24. The van der Waals surface area contributed by atoms with Crippen LogP contribution in [0.2, 0.25) is 10.0 Å². The predicted octanol–water partition coefficient (Wildman–Crippen LogP) is 5.19. The van der Waals surface area contributed by atoms with E-state index in [4.69, 9.17) is 23.2 Å². The summed E-state index contributed by atoms with van der Waals surface area (Å²) in [6, 6.07) is 12.2. The van der Waals surface area contributed by atoms with Crippen molar-refractivity contribution in [2.75, 3.05) is 13.3 Å². The van der Waals surface area contributed by atoms with Crippen LogP contribution < -0.4 is 5.32 Å². The van der Waals surface area contributed by atoms with Crippen LogP contribution in [0.25, 0.3) is 6.08 Å². The van der Waals surface area contributed by atoms with E-state index in [1.165, 1.54) is 22.8 Å². The second-order valence-corrected chi connectivity index (χ2v) is 9.41. The smallest absolute Gasteiger partial charge is 0.168 e. The summed E-state index contributed by atoms with van der Waals surface area (Å²) >= 11 is 12.3. The fraction of sp³-hybridized carbons (Fsp3) is 0.300. The number of fused-ring (bicyclic) bond motifs is 1. The van der Waals surface area contributed by atoms with E-state index in [1.807, 2.05) is 31.3 Å². The molecule has 138 valence electrons. The van der Waals surface area contributed by atoms with Crippen molar-refractivity contribution in [1.82, 2.24) is 5.32 Å². The van der Waals surface area contributed by atoms with E-state index >= 15 is 0 Å². The molecule has 0 radical (unpaired) electrons. The van der Waals surface area contributed by atoms with Crippen LogP contribution in [0.3, 0.4) is 0 Å². The van der Waals surface area contributed by atoms with Gasteiger partial charge in [0.15, 0.2) is 9.84 Å². The number of hydrogen-bond donors (Lipinski definition) is 1. The van der Waals surface area contributed by atoms with Crippen LogP contribution in [0.15, 0.2) is 41.8 Å². The first-order chi connectivity index (χ1) is 12.3. The van der Waals surface area contributed by atoms with Crippen LogP contribution in [-0.2, 0) is 9.84 Å². The molecule has 1 N–H and O–H groups in total. The maximum absolute atomic E-state index is 11.4. The summed E-state index contributed by atoms with van der Waals surface area (Å²) in [7, 11) is -1.20. The normalized spacial score (nSPS) is 20.3. The third kappa shape index (κ3) is 4.32. The van der Waals surface area contributed by atoms with E-state index in [2.05, 4.69) is 17.4 Å². The van der Waals surface area contributed by atoms with Crippen molar-refractivity contribution in [2.24, 2.45) is 0 Å². The maximum atomic E-state index is 11.4. The van der Waals surface area contributed by atoms with Crippen LogP contribution in [0.1, 0.15) is 47.1 Å². The minimum atomic E-state index is -3.15. The third-order valence-electron chi connectivity index (χ3n) is 4.81. The number of halogens is 2. The molecule has 26 heavy (non-hydrogen) atoms. The van der Waals surface area contributed by atoms with Gasteiger partial charge in [-0.25, -0.2) is 8.42 Å². The van der Waals surface area contributed by atoms with Crippen LogP contribution >= 0.6 is 23.2 Å². The highest BCUT2D eigenvalue weighted by Crippen LogP contribution is 2.42. The zero-order valence-corrected chi connectivity index (χ0v) is 17.0. The Labute approximate surface area is 164 Å². The molecule has 0 heterocycles. The van der Waals surface area contributed by atoms with Crippen LogP contribution in [-0.4, -0.2) is 21.7 Å². The number of benzene rings is 2. The van der Waals surface area contributed by atoms with Gasteiger partial charge in [0.25, 0.3) is 0 Å². The molecule has 0 aromatic heterocycles. The van der Waals surface area contributed by atoms with E-state index in [0.717, 1.165) is 24.0 Å². The molecule has 0 bridgehead atoms. The van der Waals surface area contributed by atoms with E-state index in [1.54, 1.807) is 6.08 Å². The fourth-order valence-electron chi connectivity index (χ4n) is 3.54. The highest BCUT2D eigenvalue weighted by Gasteiger charge is 2.27. The Morgan fingerprint density at radius 2 is 1.81 bits per heavy atom. The van der Waals surface area contributed by atoms with Gasteiger partial charge >= 0.3 is 0 Å². The molecule has 2 aromatic rings. The van der Waals surface area contributed by atoms with Crippen molar-refractivity contribution in [3.05, 3.63) is 74.1 Å². The van der Waals surface area contributed by atoms with Gasteiger partial charge in [-0.15, -0.1) is 0 Å². The Morgan fingerprint density at radius 3 is 2.46 bits per heavy atom. The van der Waals surface area contributed by atoms with Gasteiger partial charge in [-0.3, -0.25) is 0 Å². The van der Waals surface area contributed by atoms with Gasteiger partial charge < -0.3 is 5.32 Å². The van der Waals surface area contributed by atoms with Crippen molar-refractivity contribution < 1.29 is 8.42 Å². The predicted molar refractivity (Wildman–Crippen MR) is 110 cm³/mol. The molecule has 6 heteroatoms. The first-order valence-electron chi connectivity index (χ1n) is 8.42. The Kier molecular flexibility index (Phi) is 5.78. The first kappa shape index (κ1) is 19.4. The maximum Gasteiger partial charge on any atom is 0.168 e. The topological polar surface area (TPSA) is 46.2 Å². The van der Waals surface area contributed by atoms with E-state index in [-0.39, 0.29) is 12.0 Å². The Hall–Kier alpha value is -1.33. The quantitative estimate of drug-likeness (QED) is 0.754. The molecule has 0 unspecified atom stereocenters. The summed E-state index contributed by atoms with van der Waals surface area (Å²) < 4.78 is 22.8. The molecule has 1 aliphatic rings. The largest absolute Gasteiger partial charge is 0.313 e. The molecule has 0 fully saturated rings. The third-order valence-corrected chi connectivity index (χ3v) is 6.18. The highest BCUT2D eigenvalue weighted by molar-refractivity contribution is 7.93. The molecule has 0 saturated heterocycles. The van der Waals surface area contributed by atoms with Crippen LogP contribution in [0.4, 0.5) is 0 Å². The molecular formula is C20H21Cl2NO2S. The molecule has 2 atom stereocenters. The molecule has 3 nitrogen and oxygen atoms in total. The molecule has 1 aliphatic carbocycles. The van der Waals surface area contributed by atoms with E-state index < -0.39 is 9.84 Å². The van der Waals surface area contributed by atoms with Gasteiger partial charge in [0, 0.05) is 23.6 Å². The Bertz CT molecular complexity index is 954. The minimum Gasteiger partial charge on any atom is -0.313 e. The second kappa shape index (κ2) is 7.73. The minimum absolute atomic E-state index is 0.246. The standard InChI is InChI=1S/C20H21Cl2NO2S/c1-23-20-8-6-15(14-4-7-18(21)19(22)12-14)16-5-3-13(11-17(16)20)9-10-26(2,24)25/h3-5,7,9-12,15,20,23H,6,8H2,1-2H3/b10-9+/t15-,20-/m0/s1. The average Bonchev–Trinajstić information content (AvgIpc) is 2.60. The van der Waals surface area contributed by atoms with Crippen molar-refractivity contribution in [2.45, 2.75) is 24.8 Å². The SMILES string of the molecule is CN[C@H]1CC[C@@H](c2ccc(Cl)c(Cl)c2)c2ccc(/C=C/S(C)(=O)=O)cc21. The molecular weight excluding hydrogens is 389 g/mol. The first-order valence-corrected chi connectivity index (χ1v) is 11.1. The molecule has 2 aromatic carbocycles. The van der Waals surface area contributed by atoms with Crippen LogP contribution in [0.5, 0.6) is 0 Å². The van der Waals surface area contributed by atoms with Crippen molar-refractivity contribution >= 4 is 39.1 Å². The molecule has 0 spiro atoms. The highest BCUT2D eigenvalue weighted by atomic mass is 35.5. The molecule has 3 rings (SSSR count). The lowest BCUT2D eigenvalue weighted by Gasteiger charge is -2.32. The van der Waals surface area contributed by atoms with Crippen molar-refractivity contribution in [1.29, 1.82) is 0 Å². The van der Waals surface area contributed by atoms with E-state index in [0.29, 0.717) is 10.0 Å². The summed E-state index contributed by atoms with van der Waals surface area (Å²) in [4.78, 5) is 0. The van der Waals surface area contributed by atoms with Gasteiger partial charge in [-0.1, -0.05) is 41.4 Å². The Morgan fingerprint density at radius 1 is 1.04 bits per heavy atom. The average molecular weight is 410 g/mol. The van der Waals surface area contributed by atoms with Gasteiger partial charge in [-0.2, -0.15) is 0 Å². The zero-order valence-electron chi connectivity index (χ0n) is 14.7. The number of nitrogens with one attached hydrogen (secondary N) is 1. The van der Waals surface area contributed by atoms with Crippen LogP contribution in [0, 0.1) is 0 Å². The lowest BCUT2D eigenvalue weighted by molar-refractivity contribution is 0.471.